The molecule has 9 heteroatoms. The summed E-state index contributed by atoms with van der Waals surface area (Å²) in [5.74, 6) is 1.02. The van der Waals surface area contributed by atoms with E-state index in [4.69, 9.17) is 15.2 Å². The fraction of sp³-hybridized carbons (Fsp3) is 0.391. The standard InChI is InChI=1S/C23H27N5O4/c1-31-16-8-14(9-17(10-16)32-2)11-25-23-26-12-18-20(29)19(21(24)30)13-28(22(18)27-23)15-6-4-3-5-7-15/h8-10,12-13,15H,3-7,11H2,1-2H3,(H2,24,30)(H,25,26,27). The third-order valence-electron chi connectivity index (χ3n) is 5.87. The van der Waals surface area contributed by atoms with Crippen molar-refractivity contribution in [3.05, 3.63) is 51.9 Å². The number of nitrogens with one attached hydrogen (secondary N) is 1. The summed E-state index contributed by atoms with van der Waals surface area (Å²) in [6, 6.07) is 5.76. The smallest absolute Gasteiger partial charge is 0.254 e. The summed E-state index contributed by atoms with van der Waals surface area (Å²) < 4.78 is 12.6. The van der Waals surface area contributed by atoms with E-state index in [9.17, 15) is 9.59 Å². The van der Waals surface area contributed by atoms with Crippen molar-refractivity contribution in [2.45, 2.75) is 44.7 Å². The Morgan fingerprint density at radius 3 is 2.47 bits per heavy atom. The fourth-order valence-electron chi connectivity index (χ4n) is 4.18. The number of hydrogen-bond donors (Lipinski definition) is 2. The Bertz CT molecular complexity index is 1180. The van der Waals surface area contributed by atoms with Gasteiger partial charge < -0.3 is 25.1 Å². The highest BCUT2D eigenvalue weighted by molar-refractivity contribution is 5.95. The molecule has 0 bridgehead atoms. The summed E-state index contributed by atoms with van der Waals surface area (Å²) in [5, 5.41) is 3.49. The van der Waals surface area contributed by atoms with Gasteiger partial charge >= 0.3 is 0 Å². The Kier molecular flexibility index (Phi) is 6.25. The van der Waals surface area contributed by atoms with Gasteiger partial charge in [0.25, 0.3) is 5.91 Å². The van der Waals surface area contributed by atoms with Gasteiger partial charge in [0.1, 0.15) is 22.7 Å². The molecule has 1 aromatic carbocycles. The number of aromatic nitrogens is 3. The van der Waals surface area contributed by atoms with Crippen molar-refractivity contribution in [2.24, 2.45) is 5.73 Å². The number of methoxy groups -OCH3 is 2. The van der Waals surface area contributed by atoms with Crippen LogP contribution in [-0.2, 0) is 6.54 Å². The van der Waals surface area contributed by atoms with Gasteiger partial charge in [-0.25, -0.2) is 4.98 Å². The van der Waals surface area contributed by atoms with Crippen LogP contribution in [0.15, 0.2) is 35.4 Å². The molecule has 3 N–H and O–H groups in total. The third kappa shape index (κ3) is 4.37. The molecule has 3 aromatic rings. The molecule has 0 atom stereocenters. The first-order valence-electron chi connectivity index (χ1n) is 10.7. The maximum atomic E-state index is 12.8. The zero-order valence-electron chi connectivity index (χ0n) is 18.3. The van der Waals surface area contributed by atoms with Crippen molar-refractivity contribution in [1.29, 1.82) is 0 Å². The molecule has 1 aliphatic rings. The van der Waals surface area contributed by atoms with Crippen LogP contribution in [0.25, 0.3) is 11.0 Å². The van der Waals surface area contributed by atoms with Gasteiger partial charge in [0.15, 0.2) is 0 Å². The Morgan fingerprint density at radius 1 is 1.16 bits per heavy atom. The Morgan fingerprint density at radius 2 is 1.84 bits per heavy atom. The Labute approximate surface area is 185 Å². The quantitative estimate of drug-likeness (QED) is 0.583. The van der Waals surface area contributed by atoms with Crippen molar-refractivity contribution in [3.63, 3.8) is 0 Å². The second kappa shape index (κ2) is 9.25. The van der Waals surface area contributed by atoms with Crippen LogP contribution >= 0.6 is 0 Å². The van der Waals surface area contributed by atoms with Crippen LogP contribution in [0.2, 0.25) is 0 Å². The molecule has 2 heterocycles. The zero-order chi connectivity index (χ0) is 22.7. The first-order chi connectivity index (χ1) is 15.5. The van der Waals surface area contributed by atoms with E-state index in [2.05, 4.69) is 15.3 Å². The van der Waals surface area contributed by atoms with Crippen molar-refractivity contribution in [2.75, 3.05) is 19.5 Å². The number of carbonyl (C=O) groups excluding carboxylic acids is 1. The summed E-state index contributed by atoms with van der Waals surface area (Å²) in [6.07, 6.45) is 8.33. The molecule has 1 fully saturated rings. The average molecular weight is 438 g/mol. The maximum absolute atomic E-state index is 12.8. The largest absolute Gasteiger partial charge is 0.497 e. The number of carbonyl (C=O) groups is 1. The van der Waals surface area contributed by atoms with Crippen LogP contribution < -0.4 is 26.0 Å². The minimum atomic E-state index is -0.740. The number of rotatable bonds is 7. The molecule has 4 rings (SSSR count). The van der Waals surface area contributed by atoms with Crippen molar-refractivity contribution < 1.29 is 14.3 Å². The second-order valence-electron chi connectivity index (χ2n) is 7.94. The van der Waals surface area contributed by atoms with Gasteiger partial charge in [-0.15, -0.1) is 0 Å². The number of pyridine rings is 1. The molecule has 1 amide bonds. The Hall–Kier alpha value is -3.62. The lowest BCUT2D eigenvalue weighted by Crippen LogP contribution is -2.26. The van der Waals surface area contributed by atoms with Crippen molar-refractivity contribution in [1.82, 2.24) is 14.5 Å². The molecular weight excluding hydrogens is 410 g/mol. The van der Waals surface area contributed by atoms with Gasteiger partial charge in [-0.1, -0.05) is 19.3 Å². The fourth-order valence-corrected chi connectivity index (χ4v) is 4.18. The first kappa shape index (κ1) is 21.6. The minimum Gasteiger partial charge on any atom is -0.497 e. The number of primary amides is 1. The van der Waals surface area contributed by atoms with Crippen LogP contribution in [0.4, 0.5) is 5.95 Å². The summed E-state index contributed by atoms with van der Waals surface area (Å²) >= 11 is 0. The second-order valence-corrected chi connectivity index (χ2v) is 7.94. The predicted molar refractivity (Wildman–Crippen MR) is 121 cm³/mol. The number of hydrogen-bond acceptors (Lipinski definition) is 7. The number of nitrogens with zero attached hydrogens (tertiary/aromatic N) is 3. The monoisotopic (exact) mass is 437 g/mol. The van der Waals surface area contributed by atoms with Gasteiger partial charge in [-0.2, -0.15) is 4.98 Å². The average Bonchev–Trinajstić information content (AvgIpc) is 2.83. The summed E-state index contributed by atoms with van der Waals surface area (Å²) in [7, 11) is 3.20. The van der Waals surface area contributed by atoms with Crippen LogP contribution in [0, 0.1) is 0 Å². The SMILES string of the molecule is COc1cc(CNc2ncc3c(=O)c(C(N)=O)cn(C4CCCCC4)c3n2)cc(OC)c1. The summed E-state index contributed by atoms with van der Waals surface area (Å²) in [5.41, 5.74) is 6.43. The number of amides is 1. The van der Waals surface area contributed by atoms with E-state index in [-0.39, 0.29) is 11.6 Å². The van der Waals surface area contributed by atoms with Gasteiger partial charge in [0, 0.05) is 31.0 Å². The molecule has 2 aromatic heterocycles. The molecule has 1 aliphatic carbocycles. The first-order valence-corrected chi connectivity index (χ1v) is 10.7. The minimum absolute atomic E-state index is 0.0316. The number of nitrogens with two attached hydrogens (primary N) is 1. The number of anilines is 1. The normalized spacial score (nSPS) is 14.3. The molecule has 0 saturated heterocycles. The maximum Gasteiger partial charge on any atom is 0.254 e. The molecule has 0 spiro atoms. The van der Waals surface area contributed by atoms with E-state index in [1.807, 2.05) is 16.7 Å². The molecule has 1 saturated carbocycles. The van der Waals surface area contributed by atoms with Crippen molar-refractivity contribution in [3.8, 4) is 11.5 Å². The molecule has 32 heavy (non-hydrogen) atoms. The van der Waals surface area contributed by atoms with Gasteiger partial charge in [-0.05, 0) is 30.5 Å². The van der Waals surface area contributed by atoms with Crippen LogP contribution in [0.3, 0.4) is 0 Å². The highest BCUT2D eigenvalue weighted by Crippen LogP contribution is 2.30. The molecule has 0 aliphatic heterocycles. The van der Waals surface area contributed by atoms with Gasteiger partial charge in [-0.3, -0.25) is 9.59 Å². The lowest BCUT2D eigenvalue weighted by molar-refractivity contribution is 0.0998. The highest BCUT2D eigenvalue weighted by atomic mass is 16.5. The molecule has 9 nitrogen and oxygen atoms in total. The van der Waals surface area contributed by atoms with Gasteiger partial charge in [0.05, 0.1) is 19.6 Å². The lowest BCUT2D eigenvalue weighted by atomic mass is 9.95. The Balaban J connectivity index is 1.70. The molecule has 0 unspecified atom stereocenters. The lowest BCUT2D eigenvalue weighted by Gasteiger charge is -2.26. The summed E-state index contributed by atoms with van der Waals surface area (Å²) in [4.78, 5) is 33.6. The van der Waals surface area contributed by atoms with E-state index in [1.54, 1.807) is 26.5 Å². The van der Waals surface area contributed by atoms with E-state index in [0.29, 0.717) is 35.0 Å². The number of ether oxygens (including phenoxy) is 2. The van der Waals surface area contributed by atoms with Crippen LogP contribution in [-0.4, -0.2) is 34.7 Å². The molecule has 0 radical (unpaired) electrons. The highest BCUT2D eigenvalue weighted by Gasteiger charge is 2.21. The molecule has 168 valence electrons. The molecular formula is C23H27N5O4. The predicted octanol–water partition coefficient (Wildman–Crippen LogP) is 3.02. The van der Waals surface area contributed by atoms with E-state index in [0.717, 1.165) is 31.2 Å². The van der Waals surface area contributed by atoms with E-state index < -0.39 is 11.3 Å². The summed E-state index contributed by atoms with van der Waals surface area (Å²) in [6.45, 7) is 0.437. The topological polar surface area (TPSA) is 121 Å². The third-order valence-corrected chi connectivity index (χ3v) is 5.87. The zero-order valence-corrected chi connectivity index (χ0v) is 18.3. The van der Waals surface area contributed by atoms with E-state index in [1.165, 1.54) is 12.6 Å². The van der Waals surface area contributed by atoms with E-state index >= 15 is 0 Å². The number of fused-ring (bicyclic) bond motifs is 1. The van der Waals surface area contributed by atoms with Gasteiger partial charge in [0.2, 0.25) is 11.4 Å². The van der Waals surface area contributed by atoms with Crippen LogP contribution in [0.1, 0.15) is 54.1 Å². The van der Waals surface area contributed by atoms with Crippen molar-refractivity contribution >= 4 is 22.9 Å². The van der Waals surface area contributed by atoms with Crippen LogP contribution in [0.5, 0.6) is 11.5 Å². The number of benzene rings is 1.